The van der Waals surface area contributed by atoms with Crippen LogP contribution in [0.3, 0.4) is 0 Å². The van der Waals surface area contributed by atoms with E-state index in [1.54, 1.807) is 0 Å². The van der Waals surface area contributed by atoms with Gasteiger partial charge in [0, 0.05) is 0 Å². The number of carbonyl (C=O) groups excluding carboxylic acids is 2. The number of amides is 2. The fraction of sp³-hybridized carbons (Fsp3) is 0.769. The van der Waals surface area contributed by atoms with Crippen molar-refractivity contribution < 1.29 is 29.7 Å². The molecule has 0 heterocycles. The maximum atomic E-state index is 12.1. The van der Waals surface area contributed by atoms with Crippen molar-refractivity contribution >= 4 is 17.8 Å². The molecule has 0 aliphatic rings. The monoisotopic (exact) mass is 319 g/mol. The quantitative estimate of drug-likeness (QED) is 0.280. The number of aliphatic hydroxyl groups is 2. The van der Waals surface area contributed by atoms with Gasteiger partial charge >= 0.3 is 5.97 Å². The summed E-state index contributed by atoms with van der Waals surface area (Å²) >= 11 is 0. The molecule has 0 aliphatic carbocycles. The SMILES string of the molecule is CC(C)C[C@H](NC(=O)[C@@H](N)[C@@H](C)O)C(=O)N[C@@H](CO)C(=O)O. The molecule has 0 rings (SSSR count). The maximum Gasteiger partial charge on any atom is 0.328 e. The van der Waals surface area contributed by atoms with Gasteiger partial charge in [-0.05, 0) is 19.3 Å². The van der Waals surface area contributed by atoms with Crippen molar-refractivity contribution in [3.05, 3.63) is 0 Å². The molecule has 0 fully saturated rings. The molecule has 0 spiro atoms. The standard InChI is InChI=1S/C13H25N3O6/c1-6(2)4-8(15-12(20)10(14)7(3)18)11(19)16-9(5-17)13(21)22/h6-10,17-18H,4-5,14H2,1-3H3,(H,15,20)(H,16,19)(H,21,22)/t7-,8+,9+,10+/m1/s1. The second kappa shape index (κ2) is 9.34. The Balaban J connectivity index is 4.93. The topological polar surface area (TPSA) is 162 Å². The van der Waals surface area contributed by atoms with Gasteiger partial charge in [0.1, 0.15) is 18.1 Å². The van der Waals surface area contributed by atoms with Gasteiger partial charge in [-0.25, -0.2) is 4.79 Å². The minimum absolute atomic E-state index is 0.0382. The summed E-state index contributed by atoms with van der Waals surface area (Å²) in [6.07, 6.45) is -0.839. The van der Waals surface area contributed by atoms with E-state index in [-0.39, 0.29) is 12.3 Å². The van der Waals surface area contributed by atoms with E-state index in [4.69, 9.17) is 15.9 Å². The van der Waals surface area contributed by atoms with Gasteiger partial charge in [0.25, 0.3) is 0 Å². The molecule has 9 nitrogen and oxygen atoms in total. The summed E-state index contributed by atoms with van der Waals surface area (Å²) in [5.74, 6) is -2.80. The highest BCUT2D eigenvalue weighted by atomic mass is 16.4. The number of carboxylic acids is 1. The zero-order chi connectivity index (χ0) is 17.4. The van der Waals surface area contributed by atoms with Crippen LogP contribution in [0.25, 0.3) is 0 Å². The highest BCUT2D eigenvalue weighted by Crippen LogP contribution is 2.06. The fourth-order valence-corrected chi connectivity index (χ4v) is 1.65. The van der Waals surface area contributed by atoms with Crippen LogP contribution in [0.5, 0.6) is 0 Å². The van der Waals surface area contributed by atoms with Crippen LogP contribution in [-0.4, -0.2) is 63.9 Å². The highest BCUT2D eigenvalue weighted by Gasteiger charge is 2.29. The molecule has 22 heavy (non-hydrogen) atoms. The first kappa shape index (κ1) is 20.3. The number of aliphatic carboxylic acids is 1. The molecule has 9 heteroatoms. The predicted molar refractivity (Wildman–Crippen MR) is 77.7 cm³/mol. The summed E-state index contributed by atoms with van der Waals surface area (Å²) in [5, 5.41) is 31.5. The first-order valence-electron chi connectivity index (χ1n) is 6.98. The maximum absolute atomic E-state index is 12.1. The van der Waals surface area contributed by atoms with Crippen molar-refractivity contribution in [1.82, 2.24) is 10.6 Å². The van der Waals surface area contributed by atoms with E-state index < -0.39 is 48.6 Å². The Bertz CT molecular complexity index is 399. The summed E-state index contributed by atoms with van der Waals surface area (Å²) in [7, 11) is 0. The third-order valence-electron chi connectivity index (χ3n) is 2.96. The molecule has 0 aromatic carbocycles. The molecule has 0 bridgehead atoms. The Hall–Kier alpha value is -1.71. The zero-order valence-corrected chi connectivity index (χ0v) is 12.9. The van der Waals surface area contributed by atoms with E-state index in [0.29, 0.717) is 0 Å². The first-order chi connectivity index (χ1) is 10.1. The van der Waals surface area contributed by atoms with Gasteiger partial charge in [0.15, 0.2) is 0 Å². The molecule has 0 radical (unpaired) electrons. The lowest BCUT2D eigenvalue weighted by Gasteiger charge is -2.24. The lowest BCUT2D eigenvalue weighted by molar-refractivity contribution is -0.143. The molecule has 128 valence electrons. The van der Waals surface area contributed by atoms with Crippen molar-refractivity contribution in [2.24, 2.45) is 11.7 Å². The Morgan fingerprint density at radius 3 is 1.91 bits per heavy atom. The number of rotatable bonds is 9. The van der Waals surface area contributed by atoms with Crippen LogP contribution in [-0.2, 0) is 14.4 Å². The minimum Gasteiger partial charge on any atom is -0.480 e. The van der Waals surface area contributed by atoms with Gasteiger partial charge in [-0.3, -0.25) is 9.59 Å². The van der Waals surface area contributed by atoms with Crippen LogP contribution < -0.4 is 16.4 Å². The van der Waals surface area contributed by atoms with E-state index in [9.17, 15) is 19.5 Å². The highest BCUT2D eigenvalue weighted by molar-refractivity contribution is 5.91. The fourth-order valence-electron chi connectivity index (χ4n) is 1.65. The van der Waals surface area contributed by atoms with E-state index in [2.05, 4.69) is 10.6 Å². The van der Waals surface area contributed by atoms with Crippen molar-refractivity contribution in [1.29, 1.82) is 0 Å². The van der Waals surface area contributed by atoms with Crippen molar-refractivity contribution in [3.8, 4) is 0 Å². The molecule has 0 aromatic heterocycles. The second-order valence-corrected chi connectivity index (χ2v) is 5.54. The number of aliphatic hydroxyl groups excluding tert-OH is 2. The predicted octanol–water partition coefficient (Wildman–Crippen LogP) is -2.21. The second-order valence-electron chi connectivity index (χ2n) is 5.54. The molecule has 0 saturated heterocycles. The first-order valence-corrected chi connectivity index (χ1v) is 6.98. The van der Waals surface area contributed by atoms with Crippen LogP contribution in [0.4, 0.5) is 0 Å². The van der Waals surface area contributed by atoms with Crippen molar-refractivity contribution in [2.75, 3.05) is 6.61 Å². The molecule has 0 aromatic rings. The van der Waals surface area contributed by atoms with Crippen LogP contribution in [0, 0.1) is 5.92 Å². The minimum atomic E-state index is -1.45. The Morgan fingerprint density at radius 2 is 1.55 bits per heavy atom. The van der Waals surface area contributed by atoms with E-state index in [0.717, 1.165) is 0 Å². The molecule has 4 atom stereocenters. The van der Waals surface area contributed by atoms with Gasteiger partial charge in [0.2, 0.25) is 11.8 Å². The van der Waals surface area contributed by atoms with Crippen LogP contribution >= 0.6 is 0 Å². The van der Waals surface area contributed by atoms with Crippen LogP contribution in [0.1, 0.15) is 27.2 Å². The molecule has 0 aliphatic heterocycles. The third-order valence-corrected chi connectivity index (χ3v) is 2.96. The third kappa shape index (κ3) is 6.83. The van der Waals surface area contributed by atoms with Gasteiger partial charge in [-0.1, -0.05) is 13.8 Å². The summed E-state index contributed by atoms with van der Waals surface area (Å²) in [5.41, 5.74) is 5.49. The van der Waals surface area contributed by atoms with E-state index in [1.807, 2.05) is 13.8 Å². The number of hydrogen-bond acceptors (Lipinski definition) is 6. The Morgan fingerprint density at radius 1 is 1.05 bits per heavy atom. The summed E-state index contributed by atoms with van der Waals surface area (Å²) < 4.78 is 0. The van der Waals surface area contributed by atoms with Gasteiger partial charge in [-0.15, -0.1) is 0 Å². The van der Waals surface area contributed by atoms with Crippen molar-refractivity contribution in [3.63, 3.8) is 0 Å². The summed E-state index contributed by atoms with van der Waals surface area (Å²) in [6.45, 7) is 4.22. The smallest absolute Gasteiger partial charge is 0.328 e. The van der Waals surface area contributed by atoms with Gasteiger partial charge in [-0.2, -0.15) is 0 Å². The van der Waals surface area contributed by atoms with E-state index in [1.165, 1.54) is 6.92 Å². The number of hydrogen-bond donors (Lipinski definition) is 6. The average molecular weight is 319 g/mol. The largest absolute Gasteiger partial charge is 0.480 e. The zero-order valence-electron chi connectivity index (χ0n) is 12.9. The van der Waals surface area contributed by atoms with Gasteiger partial charge in [0.05, 0.1) is 12.7 Å². The number of carbonyl (C=O) groups is 3. The lowest BCUT2D eigenvalue weighted by atomic mass is 10.0. The van der Waals surface area contributed by atoms with Crippen LogP contribution in [0.15, 0.2) is 0 Å². The average Bonchev–Trinajstić information content (AvgIpc) is 2.41. The molecular formula is C13H25N3O6. The summed E-state index contributed by atoms with van der Waals surface area (Å²) in [6, 6.07) is -3.66. The van der Waals surface area contributed by atoms with Crippen LogP contribution in [0.2, 0.25) is 0 Å². The van der Waals surface area contributed by atoms with Gasteiger partial charge < -0.3 is 31.7 Å². The van der Waals surface area contributed by atoms with E-state index >= 15 is 0 Å². The van der Waals surface area contributed by atoms with Crippen molar-refractivity contribution in [2.45, 2.75) is 51.4 Å². The Labute approximate surface area is 128 Å². The number of nitrogens with two attached hydrogens (primary N) is 1. The molecule has 0 unspecified atom stereocenters. The normalized spacial score (nSPS) is 16.5. The molecule has 2 amide bonds. The number of carboxylic acid groups (broad SMARTS) is 1. The molecule has 0 saturated carbocycles. The summed E-state index contributed by atoms with van der Waals surface area (Å²) in [4.78, 5) is 34.7. The number of nitrogens with one attached hydrogen (secondary N) is 2. The lowest BCUT2D eigenvalue weighted by Crippen LogP contribution is -2.57. The Kier molecular flexibility index (Phi) is 8.61. The molecule has 7 N–H and O–H groups in total. The molecular weight excluding hydrogens is 294 g/mol.